The van der Waals surface area contributed by atoms with Crippen molar-refractivity contribution in [3.63, 3.8) is 0 Å². The van der Waals surface area contributed by atoms with E-state index in [0.29, 0.717) is 40.5 Å². The van der Waals surface area contributed by atoms with Crippen LogP contribution in [0.25, 0.3) is 0 Å². The van der Waals surface area contributed by atoms with Gasteiger partial charge in [0, 0.05) is 5.02 Å². The van der Waals surface area contributed by atoms with Crippen molar-refractivity contribution in [2.24, 2.45) is 47.3 Å². The molecule has 0 aromatic heterocycles. The molecule has 0 spiro atoms. The van der Waals surface area contributed by atoms with E-state index in [1.54, 1.807) is 6.07 Å². The molecule has 4 aliphatic carbocycles. The Morgan fingerprint density at radius 2 is 1.29 bits per heavy atom. The summed E-state index contributed by atoms with van der Waals surface area (Å²) in [7, 11) is 0. The standard InChI is InChI=1S/C21H20ClNO2.3C2H6/c1-9-6-12(22)4-5-15(9)23-20(24)18-13-8-14(19(18)21(23)25)17-11-3-2-10(7-11)16(13)17;3*1-2/h2-6,10-11,13-14,16-19H,7-8H2,1H3;3*1-2H3. The number of amides is 2. The number of halogens is 1. The lowest BCUT2D eigenvalue weighted by molar-refractivity contribution is -0.123. The fraction of sp³-hybridized carbons (Fsp3) is 0.630. The van der Waals surface area contributed by atoms with Crippen molar-refractivity contribution in [1.29, 1.82) is 0 Å². The highest BCUT2D eigenvalue weighted by molar-refractivity contribution is 6.31. The highest BCUT2D eigenvalue weighted by Gasteiger charge is 2.71. The van der Waals surface area contributed by atoms with E-state index < -0.39 is 0 Å². The molecule has 3 nitrogen and oxygen atoms in total. The van der Waals surface area contributed by atoms with Crippen molar-refractivity contribution in [2.75, 3.05) is 4.90 Å². The number of fused-ring (bicyclic) bond motifs is 12. The summed E-state index contributed by atoms with van der Waals surface area (Å²) in [5.74, 6) is 3.33. The first-order valence-electron chi connectivity index (χ1n) is 12.4. The zero-order valence-corrected chi connectivity index (χ0v) is 20.8. The van der Waals surface area contributed by atoms with Crippen molar-refractivity contribution in [3.8, 4) is 0 Å². The first kappa shape index (κ1) is 24.0. The summed E-state index contributed by atoms with van der Waals surface area (Å²) >= 11 is 6.06. The van der Waals surface area contributed by atoms with Crippen molar-refractivity contribution < 1.29 is 9.59 Å². The van der Waals surface area contributed by atoms with E-state index >= 15 is 0 Å². The molecule has 31 heavy (non-hydrogen) atoms. The van der Waals surface area contributed by atoms with Crippen LogP contribution in [0.2, 0.25) is 5.02 Å². The highest BCUT2D eigenvalue weighted by Crippen LogP contribution is 2.70. The van der Waals surface area contributed by atoms with Crippen LogP contribution in [0.1, 0.15) is 59.9 Å². The first-order chi connectivity index (χ1) is 15.1. The lowest BCUT2D eigenvalue weighted by Crippen LogP contribution is -2.38. The van der Waals surface area contributed by atoms with Gasteiger partial charge in [0.05, 0.1) is 17.5 Å². The summed E-state index contributed by atoms with van der Waals surface area (Å²) in [6.45, 7) is 13.9. The fourth-order valence-corrected chi connectivity index (χ4v) is 7.45. The van der Waals surface area contributed by atoms with Crippen LogP contribution in [-0.2, 0) is 9.59 Å². The Bertz CT molecular complexity index is 821. The second kappa shape index (κ2) is 9.48. The third-order valence-electron chi connectivity index (χ3n) is 7.84. The molecule has 0 N–H and O–H groups in total. The topological polar surface area (TPSA) is 37.4 Å². The quantitative estimate of drug-likeness (QED) is 0.268. The number of allylic oxidation sites excluding steroid dienone is 2. The minimum absolute atomic E-state index is 0.0399. The Hall–Kier alpha value is -1.61. The highest BCUT2D eigenvalue weighted by atomic mass is 35.5. The van der Waals surface area contributed by atoms with Gasteiger partial charge in [0.2, 0.25) is 11.8 Å². The van der Waals surface area contributed by atoms with Crippen LogP contribution in [0.4, 0.5) is 5.69 Å². The van der Waals surface area contributed by atoms with Gasteiger partial charge in [-0.2, -0.15) is 0 Å². The van der Waals surface area contributed by atoms with Crippen LogP contribution in [0.3, 0.4) is 0 Å². The molecule has 3 saturated carbocycles. The summed E-state index contributed by atoms with van der Waals surface area (Å²) in [6, 6.07) is 5.42. The van der Waals surface area contributed by atoms with Crippen LogP contribution in [0, 0.1) is 54.3 Å². The Morgan fingerprint density at radius 1 is 0.806 bits per heavy atom. The predicted octanol–water partition coefficient (Wildman–Crippen LogP) is 6.92. The zero-order valence-electron chi connectivity index (χ0n) is 20.1. The van der Waals surface area contributed by atoms with Crippen molar-refractivity contribution in [2.45, 2.75) is 61.3 Å². The Labute approximate surface area is 193 Å². The minimum Gasteiger partial charge on any atom is -0.274 e. The van der Waals surface area contributed by atoms with Crippen LogP contribution in [0.5, 0.6) is 0 Å². The molecule has 1 heterocycles. The summed E-state index contributed by atoms with van der Waals surface area (Å²) in [5, 5.41) is 0.637. The first-order valence-corrected chi connectivity index (χ1v) is 12.8. The van der Waals surface area contributed by atoms with Crippen LogP contribution < -0.4 is 4.90 Å². The molecule has 1 saturated heterocycles. The molecule has 8 atom stereocenters. The molecule has 6 rings (SSSR count). The minimum atomic E-state index is -0.0819. The molecule has 1 aromatic carbocycles. The molecule has 1 aromatic rings. The molecular weight excluding hydrogens is 406 g/mol. The van der Waals surface area contributed by atoms with Crippen LogP contribution >= 0.6 is 11.6 Å². The summed E-state index contributed by atoms with van der Waals surface area (Å²) in [6.07, 6.45) is 7.10. The van der Waals surface area contributed by atoms with E-state index in [0.717, 1.165) is 17.7 Å². The normalized spacial score (nSPS) is 37.4. The van der Waals surface area contributed by atoms with Gasteiger partial charge in [-0.1, -0.05) is 65.3 Å². The molecule has 4 heteroatoms. The maximum Gasteiger partial charge on any atom is 0.237 e. The number of benzene rings is 1. The van der Waals surface area contributed by atoms with E-state index in [1.807, 2.05) is 60.6 Å². The van der Waals surface area contributed by atoms with Gasteiger partial charge in [-0.25, -0.2) is 4.90 Å². The maximum atomic E-state index is 13.3. The largest absolute Gasteiger partial charge is 0.274 e. The Balaban J connectivity index is 0.000000421. The molecule has 170 valence electrons. The molecule has 0 radical (unpaired) electrons. The van der Waals surface area contributed by atoms with E-state index in [2.05, 4.69) is 12.2 Å². The van der Waals surface area contributed by atoms with Crippen LogP contribution in [0.15, 0.2) is 30.4 Å². The van der Waals surface area contributed by atoms with Gasteiger partial charge in [-0.15, -0.1) is 0 Å². The number of aryl methyl sites for hydroxylation is 1. The molecule has 5 aliphatic rings. The van der Waals surface area contributed by atoms with Gasteiger partial charge in [-0.05, 0) is 79.0 Å². The molecule has 1 aliphatic heterocycles. The van der Waals surface area contributed by atoms with Crippen molar-refractivity contribution in [1.82, 2.24) is 0 Å². The van der Waals surface area contributed by atoms with Crippen molar-refractivity contribution >= 4 is 29.1 Å². The zero-order chi connectivity index (χ0) is 23.0. The predicted molar refractivity (Wildman–Crippen MR) is 129 cm³/mol. The van der Waals surface area contributed by atoms with Gasteiger partial charge >= 0.3 is 0 Å². The molecule has 8 unspecified atom stereocenters. The third-order valence-corrected chi connectivity index (χ3v) is 8.07. The lowest BCUT2D eigenvalue weighted by atomic mass is 9.65. The number of imide groups is 1. The second-order valence-corrected chi connectivity index (χ2v) is 9.10. The van der Waals surface area contributed by atoms with E-state index in [-0.39, 0.29) is 23.7 Å². The molecule has 4 fully saturated rings. The number of nitrogens with zero attached hydrogens (tertiary/aromatic N) is 1. The number of rotatable bonds is 1. The molecular formula is C27H38ClNO2. The molecule has 4 bridgehead atoms. The Kier molecular flexibility index (Phi) is 7.35. The second-order valence-electron chi connectivity index (χ2n) is 8.66. The maximum absolute atomic E-state index is 13.3. The van der Waals surface area contributed by atoms with Gasteiger partial charge < -0.3 is 0 Å². The van der Waals surface area contributed by atoms with Crippen LogP contribution in [-0.4, -0.2) is 11.8 Å². The third kappa shape index (κ3) is 3.39. The molecule has 2 amide bonds. The number of carbonyl (C=O) groups excluding carboxylic acids is 2. The van der Waals surface area contributed by atoms with Gasteiger partial charge in [-0.3, -0.25) is 9.59 Å². The Morgan fingerprint density at radius 3 is 1.74 bits per heavy atom. The van der Waals surface area contributed by atoms with Gasteiger partial charge in [0.15, 0.2) is 0 Å². The van der Waals surface area contributed by atoms with E-state index in [9.17, 15) is 9.59 Å². The SMILES string of the molecule is CC.CC.CC.Cc1cc(Cl)ccc1N1C(=O)C2C3CC(C2C1=O)C1C2C=CC(C2)C31. The van der Waals surface area contributed by atoms with Crippen molar-refractivity contribution in [3.05, 3.63) is 40.9 Å². The smallest absolute Gasteiger partial charge is 0.237 e. The lowest BCUT2D eigenvalue weighted by Gasteiger charge is -2.36. The fourth-order valence-electron chi connectivity index (χ4n) is 7.23. The average Bonchev–Trinajstić information content (AvgIpc) is 3.60. The number of hydrogen-bond acceptors (Lipinski definition) is 2. The number of hydrogen-bond donors (Lipinski definition) is 0. The van der Waals surface area contributed by atoms with Gasteiger partial charge in [0.25, 0.3) is 0 Å². The monoisotopic (exact) mass is 443 g/mol. The summed E-state index contributed by atoms with van der Waals surface area (Å²) in [5.41, 5.74) is 1.61. The van der Waals surface area contributed by atoms with Gasteiger partial charge in [0.1, 0.15) is 0 Å². The van der Waals surface area contributed by atoms with E-state index in [4.69, 9.17) is 11.6 Å². The average molecular weight is 444 g/mol. The number of carbonyl (C=O) groups is 2. The van der Waals surface area contributed by atoms with E-state index in [1.165, 1.54) is 11.3 Å². The summed E-state index contributed by atoms with van der Waals surface area (Å²) in [4.78, 5) is 28.0. The summed E-state index contributed by atoms with van der Waals surface area (Å²) < 4.78 is 0. The number of anilines is 1.